The largest absolute Gasteiger partial charge is 0.314 e. The van der Waals surface area contributed by atoms with Crippen LogP contribution in [0.5, 0.6) is 0 Å². The van der Waals surface area contributed by atoms with Crippen molar-refractivity contribution in [2.75, 3.05) is 25.9 Å². The van der Waals surface area contributed by atoms with E-state index >= 15 is 0 Å². The molecule has 0 radical (unpaired) electrons. The molecule has 0 spiro atoms. The molecule has 0 atom stereocenters. The van der Waals surface area contributed by atoms with Gasteiger partial charge in [0.15, 0.2) is 0 Å². The summed E-state index contributed by atoms with van der Waals surface area (Å²) in [6, 6.07) is 7.72. The second-order valence-corrected chi connectivity index (χ2v) is 9.03. The lowest BCUT2D eigenvalue weighted by atomic mass is 10.1. The van der Waals surface area contributed by atoms with Crippen molar-refractivity contribution in [2.45, 2.75) is 41.5 Å². The topological polar surface area (TPSA) is 49.4 Å². The van der Waals surface area contributed by atoms with Crippen LogP contribution >= 0.6 is 24.2 Å². The molecule has 0 amide bonds. The Balaban J connectivity index is 0.00000192. The lowest BCUT2D eigenvalue weighted by Gasteiger charge is -2.31. The fraction of sp³-hybridized carbons (Fsp3) is 0.625. The van der Waals surface area contributed by atoms with Crippen LogP contribution in [0.3, 0.4) is 0 Å². The first kappa shape index (κ1) is 19.1. The Bertz CT molecular complexity index is 612. The number of nitrogens with one attached hydrogen (secondary N) is 1. The van der Waals surface area contributed by atoms with E-state index < -0.39 is 10.0 Å². The lowest BCUT2D eigenvalue weighted by Crippen LogP contribution is -2.45. The van der Waals surface area contributed by atoms with Crippen LogP contribution in [0.15, 0.2) is 34.1 Å². The smallest absolute Gasteiger partial charge is 0.243 e. The molecule has 2 fully saturated rings. The van der Waals surface area contributed by atoms with Gasteiger partial charge >= 0.3 is 0 Å². The quantitative estimate of drug-likeness (QED) is 0.775. The zero-order valence-electron chi connectivity index (χ0n) is 13.4. The molecule has 23 heavy (non-hydrogen) atoms. The third kappa shape index (κ3) is 4.86. The van der Waals surface area contributed by atoms with Gasteiger partial charge < -0.3 is 5.32 Å². The van der Waals surface area contributed by atoms with E-state index in [9.17, 15) is 8.42 Å². The van der Waals surface area contributed by atoms with Crippen molar-refractivity contribution in [3.8, 4) is 0 Å². The molecular formula is C16H25ClN2O2S2. The Morgan fingerprint density at radius 2 is 1.91 bits per heavy atom. The molecule has 1 aromatic rings. The summed E-state index contributed by atoms with van der Waals surface area (Å²) in [5.41, 5.74) is 0. The highest BCUT2D eigenvalue weighted by Crippen LogP contribution is 2.28. The molecule has 1 aliphatic carbocycles. The van der Waals surface area contributed by atoms with Gasteiger partial charge in [-0.25, -0.2) is 8.42 Å². The van der Waals surface area contributed by atoms with Gasteiger partial charge in [-0.2, -0.15) is 4.31 Å². The van der Waals surface area contributed by atoms with E-state index in [2.05, 4.69) is 5.32 Å². The molecule has 1 heterocycles. The fourth-order valence-electron chi connectivity index (χ4n) is 2.87. The van der Waals surface area contributed by atoms with Crippen LogP contribution in [0.4, 0.5) is 0 Å². The number of hydrogen-bond acceptors (Lipinski definition) is 4. The van der Waals surface area contributed by atoms with E-state index in [-0.39, 0.29) is 12.4 Å². The molecule has 1 aliphatic heterocycles. The number of thioether (sulfide) groups is 1. The first-order valence-corrected chi connectivity index (χ1v) is 10.6. The van der Waals surface area contributed by atoms with Crippen molar-refractivity contribution >= 4 is 34.2 Å². The number of hydrogen-bond donors (Lipinski definition) is 1. The number of sulfonamides is 1. The predicted molar refractivity (Wildman–Crippen MR) is 98.0 cm³/mol. The van der Waals surface area contributed by atoms with Crippen LogP contribution in [-0.4, -0.2) is 44.7 Å². The Hall–Kier alpha value is -0.270. The van der Waals surface area contributed by atoms with E-state index in [1.165, 1.54) is 12.8 Å². The van der Waals surface area contributed by atoms with E-state index in [1.807, 2.05) is 18.4 Å². The number of nitrogens with zero attached hydrogens (tertiary/aromatic N) is 1. The monoisotopic (exact) mass is 376 g/mol. The molecule has 1 saturated heterocycles. The van der Waals surface area contributed by atoms with Crippen molar-refractivity contribution in [3.05, 3.63) is 24.3 Å². The first-order valence-electron chi connectivity index (χ1n) is 7.97. The Labute approximate surface area is 149 Å². The lowest BCUT2D eigenvalue weighted by molar-refractivity contribution is 0.288. The van der Waals surface area contributed by atoms with Crippen LogP contribution in [0.1, 0.15) is 25.7 Å². The summed E-state index contributed by atoms with van der Waals surface area (Å²) in [6.45, 7) is 2.34. The van der Waals surface area contributed by atoms with Gasteiger partial charge in [0.1, 0.15) is 0 Å². The van der Waals surface area contributed by atoms with Crippen LogP contribution in [0.25, 0.3) is 0 Å². The zero-order chi connectivity index (χ0) is 15.6. The Kier molecular flexibility index (Phi) is 6.80. The third-order valence-corrected chi connectivity index (χ3v) is 7.15. The number of rotatable bonds is 6. The molecule has 0 unspecified atom stereocenters. The van der Waals surface area contributed by atoms with Gasteiger partial charge in [0.25, 0.3) is 0 Å². The molecule has 1 aromatic carbocycles. The maximum absolute atomic E-state index is 12.7. The highest BCUT2D eigenvalue weighted by molar-refractivity contribution is 7.98. The van der Waals surface area contributed by atoms with Gasteiger partial charge in [0.05, 0.1) is 4.90 Å². The zero-order valence-corrected chi connectivity index (χ0v) is 15.9. The van der Waals surface area contributed by atoms with E-state index in [4.69, 9.17) is 0 Å². The molecular weight excluding hydrogens is 352 g/mol. The van der Waals surface area contributed by atoms with Crippen molar-refractivity contribution in [1.82, 2.24) is 9.62 Å². The van der Waals surface area contributed by atoms with Gasteiger partial charge in [-0.15, -0.1) is 24.2 Å². The van der Waals surface area contributed by atoms with Gasteiger partial charge in [0, 0.05) is 24.0 Å². The van der Waals surface area contributed by atoms with Crippen molar-refractivity contribution in [1.29, 1.82) is 0 Å². The molecule has 130 valence electrons. The fourth-order valence-corrected chi connectivity index (χ4v) is 4.92. The molecule has 4 nitrogen and oxygen atoms in total. The van der Waals surface area contributed by atoms with Gasteiger partial charge in [0.2, 0.25) is 10.0 Å². The summed E-state index contributed by atoms with van der Waals surface area (Å²) in [6.07, 6.45) is 6.49. The van der Waals surface area contributed by atoms with Crippen molar-refractivity contribution in [3.63, 3.8) is 0 Å². The van der Waals surface area contributed by atoms with Crippen LogP contribution in [-0.2, 0) is 10.0 Å². The highest BCUT2D eigenvalue weighted by Gasteiger charge is 2.30. The second kappa shape index (κ2) is 8.21. The third-order valence-electron chi connectivity index (χ3n) is 4.53. The minimum absolute atomic E-state index is 0. The van der Waals surface area contributed by atoms with Gasteiger partial charge in [-0.05, 0) is 62.6 Å². The number of halogens is 1. The molecule has 7 heteroatoms. The normalized spacial score (nSPS) is 20.2. The number of benzene rings is 1. The summed E-state index contributed by atoms with van der Waals surface area (Å²) in [4.78, 5) is 1.41. The van der Waals surface area contributed by atoms with E-state index in [0.29, 0.717) is 24.0 Å². The Morgan fingerprint density at radius 1 is 1.22 bits per heavy atom. The second-order valence-electron chi connectivity index (χ2n) is 6.21. The van der Waals surface area contributed by atoms with Crippen molar-refractivity contribution in [2.24, 2.45) is 5.92 Å². The molecule has 3 rings (SSSR count). The summed E-state index contributed by atoms with van der Waals surface area (Å²) >= 11 is 1.57. The van der Waals surface area contributed by atoms with Crippen LogP contribution in [0, 0.1) is 5.92 Å². The summed E-state index contributed by atoms with van der Waals surface area (Å²) < 4.78 is 27.1. The van der Waals surface area contributed by atoms with E-state index in [0.717, 1.165) is 30.2 Å². The molecule has 1 N–H and O–H groups in total. The average molecular weight is 377 g/mol. The SMILES string of the molecule is CSc1cccc(S(=O)(=O)N2CCC(NCC3CC3)CC2)c1.Cl. The van der Waals surface area contributed by atoms with Crippen LogP contribution < -0.4 is 5.32 Å². The summed E-state index contributed by atoms with van der Waals surface area (Å²) in [5, 5.41) is 3.59. The maximum atomic E-state index is 12.7. The molecule has 0 aromatic heterocycles. The minimum Gasteiger partial charge on any atom is -0.314 e. The molecule has 2 aliphatic rings. The number of piperidine rings is 1. The standard InChI is InChI=1S/C16H24N2O2S2.ClH/c1-21-15-3-2-4-16(11-15)22(19,20)18-9-7-14(8-10-18)17-12-13-5-6-13;/h2-4,11,13-14,17H,5-10,12H2,1H3;1H. The molecule has 0 bridgehead atoms. The van der Waals surface area contributed by atoms with Crippen LogP contribution in [0.2, 0.25) is 0 Å². The summed E-state index contributed by atoms with van der Waals surface area (Å²) in [5.74, 6) is 0.871. The average Bonchev–Trinajstić information content (AvgIpc) is 3.38. The van der Waals surface area contributed by atoms with E-state index in [1.54, 1.807) is 28.2 Å². The summed E-state index contributed by atoms with van der Waals surface area (Å²) in [7, 11) is -3.34. The predicted octanol–water partition coefficient (Wildman–Crippen LogP) is 2.98. The maximum Gasteiger partial charge on any atom is 0.243 e. The highest BCUT2D eigenvalue weighted by atomic mass is 35.5. The molecule has 1 saturated carbocycles. The van der Waals surface area contributed by atoms with Gasteiger partial charge in [-0.3, -0.25) is 0 Å². The minimum atomic E-state index is -3.34. The first-order chi connectivity index (χ1) is 10.6. The Morgan fingerprint density at radius 3 is 2.52 bits per heavy atom. The van der Waals surface area contributed by atoms with Gasteiger partial charge in [-0.1, -0.05) is 6.07 Å². The van der Waals surface area contributed by atoms with Crippen molar-refractivity contribution < 1.29 is 8.42 Å².